The van der Waals surface area contributed by atoms with E-state index in [0.717, 1.165) is 21.3 Å². The molecule has 39 heavy (non-hydrogen) atoms. The first-order valence-electron chi connectivity index (χ1n) is 11.0. The molecule has 0 N–H and O–H groups in total. The van der Waals surface area contributed by atoms with Crippen LogP contribution in [0.4, 0.5) is 22.0 Å². The number of benzene rings is 4. The highest BCUT2D eigenvalue weighted by Gasteiger charge is 2.34. The van der Waals surface area contributed by atoms with E-state index in [9.17, 15) is 34.9 Å². The van der Waals surface area contributed by atoms with Crippen LogP contribution < -0.4 is 9.47 Å². The molecule has 0 saturated carbocycles. The zero-order valence-corrected chi connectivity index (χ0v) is 22.3. The molecule has 0 heterocycles. The highest BCUT2D eigenvalue weighted by molar-refractivity contribution is 7.97. The standard InChI is InChI=1S/C21H21O2S.C6HF5O3S/c1-16-12-14-17(15-13-16)24(20-10-6-4-8-18(20)22-2)21-11-7-5-9-19(21)23-3;7-1-2(8)4(10)6(15(12,13)14)5(11)3(1)9/h4-15H,1-3H3;(H,12,13,14)/q+1;/p-1. The van der Waals surface area contributed by atoms with E-state index in [0.29, 0.717) is 0 Å². The van der Waals surface area contributed by atoms with Gasteiger partial charge < -0.3 is 14.0 Å². The van der Waals surface area contributed by atoms with Crippen molar-refractivity contribution < 1.29 is 44.4 Å². The van der Waals surface area contributed by atoms with Crippen molar-refractivity contribution >= 4 is 21.0 Å². The Labute approximate surface area is 224 Å². The fourth-order valence-corrected chi connectivity index (χ4v) is 6.33. The smallest absolute Gasteiger partial charge is 0.208 e. The van der Waals surface area contributed by atoms with Crippen molar-refractivity contribution in [2.75, 3.05) is 14.2 Å². The molecule has 4 aromatic rings. The summed E-state index contributed by atoms with van der Waals surface area (Å²) in [5.41, 5.74) is 1.25. The quantitative estimate of drug-likeness (QED) is 0.0863. The van der Waals surface area contributed by atoms with Crippen molar-refractivity contribution in [1.82, 2.24) is 0 Å². The van der Waals surface area contributed by atoms with Gasteiger partial charge in [-0.3, -0.25) is 0 Å². The highest BCUT2D eigenvalue weighted by Crippen LogP contribution is 2.40. The van der Waals surface area contributed by atoms with Crippen LogP contribution in [-0.2, 0) is 21.0 Å². The number of methoxy groups -OCH3 is 2. The molecule has 0 fully saturated rings. The van der Waals surface area contributed by atoms with Gasteiger partial charge in [0.15, 0.2) is 39.7 Å². The molecule has 206 valence electrons. The van der Waals surface area contributed by atoms with E-state index in [2.05, 4.69) is 55.5 Å². The van der Waals surface area contributed by atoms with Crippen LogP contribution in [0.25, 0.3) is 0 Å². The third-order valence-electron chi connectivity index (χ3n) is 5.25. The molecule has 0 amide bonds. The Morgan fingerprint density at radius 2 is 1.03 bits per heavy atom. The maximum absolute atomic E-state index is 12.6. The average Bonchev–Trinajstić information content (AvgIpc) is 2.92. The zero-order valence-electron chi connectivity index (χ0n) is 20.7. The maximum atomic E-state index is 12.6. The summed E-state index contributed by atoms with van der Waals surface area (Å²) in [6.45, 7) is 2.11. The second-order valence-corrected chi connectivity index (χ2v) is 11.1. The Hall–Kier alpha value is -3.61. The maximum Gasteiger partial charge on any atom is 0.208 e. The van der Waals surface area contributed by atoms with Crippen molar-refractivity contribution in [3.05, 3.63) is 107 Å². The lowest BCUT2D eigenvalue weighted by molar-refractivity contribution is 0.350. The number of hydrogen-bond donors (Lipinski definition) is 0. The van der Waals surface area contributed by atoms with Gasteiger partial charge in [0.2, 0.25) is 15.6 Å². The normalized spacial score (nSPS) is 11.1. The van der Waals surface area contributed by atoms with Gasteiger partial charge >= 0.3 is 0 Å². The predicted molar refractivity (Wildman–Crippen MR) is 134 cm³/mol. The molecule has 4 rings (SSSR count). The molecule has 0 aliphatic carbocycles. The predicted octanol–water partition coefficient (Wildman–Crippen LogP) is 6.39. The molecule has 0 unspecified atom stereocenters. The van der Waals surface area contributed by atoms with Gasteiger partial charge in [0.25, 0.3) is 0 Å². The number of rotatable bonds is 6. The van der Waals surface area contributed by atoms with Gasteiger partial charge in [0.1, 0.15) is 25.9 Å². The third kappa shape index (κ3) is 6.52. The lowest BCUT2D eigenvalue weighted by atomic mass is 10.2. The molecule has 0 saturated heterocycles. The van der Waals surface area contributed by atoms with E-state index < -0.39 is 44.1 Å². The lowest BCUT2D eigenvalue weighted by Crippen LogP contribution is -2.12. The number of halogens is 5. The number of ether oxygens (including phenoxy) is 2. The van der Waals surface area contributed by atoms with Crippen LogP contribution in [0.5, 0.6) is 11.5 Å². The molecule has 0 spiro atoms. The minimum atomic E-state index is -5.77. The van der Waals surface area contributed by atoms with Crippen LogP contribution in [0.3, 0.4) is 0 Å². The van der Waals surface area contributed by atoms with Crippen molar-refractivity contribution in [3.8, 4) is 11.5 Å². The van der Waals surface area contributed by atoms with Gasteiger partial charge in [-0.25, -0.2) is 30.4 Å². The van der Waals surface area contributed by atoms with Crippen molar-refractivity contribution in [1.29, 1.82) is 0 Å². The summed E-state index contributed by atoms with van der Waals surface area (Å²) >= 11 is 0. The van der Waals surface area contributed by atoms with E-state index in [1.807, 2.05) is 24.3 Å². The van der Waals surface area contributed by atoms with Crippen LogP contribution in [0.1, 0.15) is 5.56 Å². The third-order valence-corrected chi connectivity index (χ3v) is 8.41. The van der Waals surface area contributed by atoms with E-state index in [1.165, 1.54) is 10.5 Å². The summed E-state index contributed by atoms with van der Waals surface area (Å²) in [5.74, 6) is -11.0. The zero-order chi connectivity index (χ0) is 28.9. The highest BCUT2D eigenvalue weighted by atomic mass is 32.2. The molecule has 0 bridgehead atoms. The Bertz CT molecular complexity index is 1500. The molecular formula is C27H21F5O5S2. The van der Waals surface area contributed by atoms with Crippen molar-refractivity contribution in [2.45, 2.75) is 26.5 Å². The van der Waals surface area contributed by atoms with Crippen LogP contribution in [0, 0.1) is 36.0 Å². The van der Waals surface area contributed by atoms with Gasteiger partial charge in [-0.15, -0.1) is 0 Å². The Morgan fingerprint density at radius 3 is 1.41 bits per heavy atom. The van der Waals surface area contributed by atoms with Gasteiger partial charge in [0.05, 0.1) is 14.2 Å². The first kappa shape index (κ1) is 29.9. The number of hydrogen-bond acceptors (Lipinski definition) is 5. The Kier molecular flexibility index (Phi) is 9.59. The Balaban J connectivity index is 0.000000242. The minimum absolute atomic E-state index is 0.296. The fraction of sp³-hybridized carbons (Fsp3) is 0.111. The SMILES string of the molecule is COc1ccccc1[S+](c1ccc(C)cc1)c1ccccc1OC.O=S(=O)([O-])c1c(F)c(F)c(F)c(F)c1F. The summed E-state index contributed by atoms with van der Waals surface area (Å²) in [4.78, 5) is 1.19. The molecule has 0 aliphatic rings. The first-order chi connectivity index (χ1) is 18.4. The molecule has 4 aromatic carbocycles. The summed E-state index contributed by atoms with van der Waals surface area (Å²) in [6.07, 6.45) is 0. The first-order valence-corrected chi connectivity index (χ1v) is 13.6. The summed E-state index contributed by atoms with van der Waals surface area (Å²) in [6, 6.07) is 25.1. The minimum Gasteiger partial charge on any atom is -0.744 e. The summed E-state index contributed by atoms with van der Waals surface area (Å²) < 4.78 is 104. The molecule has 0 aliphatic heterocycles. The average molecular weight is 585 g/mol. The van der Waals surface area contributed by atoms with E-state index in [-0.39, 0.29) is 10.9 Å². The van der Waals surface area contributed by atoms with Crippen molar-refractivity contribution in [3.63, 3.8) is 0 Å². The molecule has 0 atom stereocenters. The fourth-order valence-electron chi connectivity index (χ4n) is 3.43. The molecule has 0 radical (unpaired) electrons. The number of para-hydroxylation sites is 2. The number of aryl methyl sites for hydroxylation is 1. The molecule has 0 aromatic heterocycles. The van der Waals surface area contributed by atoms with Gasteiger partial charge in [-0.2, -0.15) is 0 Å². The van der Waals surface area contributed by atoms with Crippen LogP contribution in [-0.4, -0.2) is 27.2 Å². The van der Waals surface area contributed by atoms with E-state index >= 15 is 0 Å². The van der Waals surface area contributed by atoms with Crippen LogP contribution in [0.2, 0.25) is 0 Å². The van der Waals surface area contributed by atoms with Gasteiger partial charge in [-0.05, 0) is 43.3 Å². The largest absolute Gasteiger partial charge is 0.744 e. The monoisotopic (exact) mass is 584 g/mol. The van der Waals surface area contributed by atoms with Gasteiger partial charge in [0, 0.05) is 0 Å². The van der Waals surface area contributed by atoms with E-state index in [1.54, 1.807) is 14.2 Å². The van der Waals surface area contributed by atoms with Gasteiger partial charge in [-0.1, -0.05) is 42.0 Å². The molecule has 5 nitrogen and oxygen atoms in total. The molecular weight excluding hydrogens is 563 g/mol. The summed E-state index contributed by atoms with van der Waals surface area (Å²) in [5, 5.41) is 0. The topological polar surface area (TPSA) is 75.7 Å². The second kappa shape index (κ2) is 12.5. The van der Waals surface area contributed by atoms with Crippen LogP contribution >= 0.6 is 0 Å². The van der Waals surface area contributed by atoms with Crippen molar-refractivity contribution in [2.24, 2.45) is 0 Å². The summed E-state index contributed by atoms with van der Waals surface area (Å²) in [7, 11) is -2.63. The molecule has 12 heteroatoms. The Morgan fingerprint density at radius 1 is 0.641 bits per heavy atom. The van der Waals surface area contributed by atoms with E-state index in [4.69, 9.17) is 9.47 Å². The van der Waals surface area contributed by atoms with Crippen LogP contribution in [0.15, 0.2) is 92.4 Å². The second-order valence-electron chi connectivity index (χ2n) is 7.77. The lowest BCUT2D eigenvalue weighted by Gasteiger charge is -2.13.